The molecule has 0 saturated carbocycles. The number of nitrogens with zero attached hydrogens (tertiary/aromatic N) is 2. The summed E-state index contributed by atoms with van der Waals surface area (Å²) in [7, 11) is -2.56. The van der Waals surface area contributed by atoms with Gasteiger partial charge in [0, 0.05) is 31.6 Å². The van der Waals surface area contributed by atoms with Crippen LogP contribution in [0.4, 0.5) is 0 Å². The number of hydrogen-bond donors (Lipinski definition) is 1. The standard InChI is InChI=1S/C30H36ClN3O4S/c1-22(2)19-32-30(36)28(18-24-9-6-5-7-10-24)34(20-25-11-8-12-26(31)17-25)29(35)21-33(4)39(37,38)27-15-13-23(3)14-16-27/h5-17,22,28H,18-21H2,1-4H3,(H,32,36)/t28-/m0/s1. The Kier molecular flexibility index (Phi) is 10.7. The van der Waals surface area contributed by atoms with E-state index in [0.29, 0.717) is 11.6 Å². The van der Waals surface area contributed by atoms with Crippen LogP contribution in [0.2, 0.25) is 5.02 Å². The Morgan fingerprint density at radius 3 is 2.18 bits per heavy atom. The molecule has 0 aliphatic rings. The van der Waals surface area contributed by atoms with Crippen LogP contribution in [0.1, 0.15) is 30.5 Å². The number of benzene rings is 3. The highest BCUT2D eigenvalue weighted by Gasteiger charge is 2.33. The Labute approximate surface area is 236 Å². The van der Waals surface area contributed by atoms with Gasteiger partial charge in [-0.05, 0) is 48.2 Å². The maximum atomic E-state index is 13.9. The van der Waals surface area contributed by atoms with E-state index in [2.05, 4.69) is 5.32 Å². The normalized spacial score (nSPS) is 12.4. The summed E-state index contributed by atoms with van der Waals surface area (Å²) in [6.45, 7) is 5.96. The minimum Gasteiger partial charge on any atom is -0.354 e. The number of aryl methyl sites for hydroxylation is 1. The average Bonchev–Trinajstić information content (AvgIpc) is 2.90. The molecule has 0 bridgehead atoms. The van der Waals surface area contributed by atoms with Crippen molar-refractivity contribution in [3.63, 3.8) is 0 Å². The molecule has 0 aromatic heterocycles. The van der Waals surface area contributed by atoms with Crippen molar-refractivity contribution in [3.8, 4) is 0 Å². The Morgan fingerprint density at radius 1 is 0.923 bits per heavy atom. The van der Waals surface area contributed by atoms with Crippen molar-refractivity contribution in [2.24, 2.45) is 5.92 Å². The summed E-state index contributed by atoms with van der Waals surface area (Å²) in [6.07, 6.45) is 0.269. The van der Waals surface area contributed by atoms with Gasteiger partial charge in [0.05, 0.1) is 11.4 Å². The first-order valence-corrected chi connectivity index (χ1v) is 14.7. The topological polar surface area (TPSA) is 86.8 Å². The lowest BCUT2D eigenvalue weighted by atomic mass is 10.0. The molecule has 2 amide bonds. The number of amides is 2. The second-order valence-electron chi connectivity index (χ2n) is 10.1. The first-order chi connectivity index (χ1) is 18.5. The molecule has 1 atom stereocenters. The van der Waals surface area contributed by atoms with Gasteiger partial charge >= 0.3 is 0 Å². The van der Waals surface area contributed by atoms with Crippen LogP contribution < -0.4 is 5.32 Å². The lowest BCUT2D eigenvalue weighted by Crippen LogP contribution is -2.53. The van der Waals surface area contributed by atoms with Crippen LogP contribution in [0.5, 0.6) is 0 Å². The molecule has 0 radical (unpaired) electrons. The van der Waals surface area contributed by atoms with Crippen molar-refractivity contribution in [2.75, 3.05) is 20.1 Å². The van der Waals surface area contributed by atoms with Gasteiger partial charge in [-0.25, -0.2) is 8.42 Å². The van der Waals surface area contributed by atoms with E-state index in [9.17, 15) is 18.0 Å². The number of carbonyl (C=O) groups is 2. The zero-order chi connectivity index (χ0) is 28.6. The quantitative estimate of drug-likeness (QED) is 0.343. The van der Waals surface area contributed by atoms with Crippen LogP contribution in [0.25, 0.3) is 0 Å². The fraction of sp³-hybridized carbons (Fsp3) is 0.333. The molecule has 1 N–H and O–H groups in total. The van der Waals surface area contributed by atoms with Crippen LogP contribution in [0.15, 0.2) is 83.8 Å². The van der Waals surface area contributed by atoms with E-state index in [0.717, 1.165) is 21.0 Å². The fourth-order valence-corrected chi connectivity index (χ4v) is 5.40. The zero-order valence-corrected chi connectivity index (χ0v) is 24.4. The maximum Gasteiger partial charge on any atom is 0.243 e. The van der Waals surface area contributed by atoms with Crippen molar-refractivity contribution in [1.29, 1.82) is 0 Å². The van der Waals surface area contributed by atoms with Crippen molar-refractivity contribution in [1.82, 2.24) is 14.5 Å². The number of carbonyl (C=O) groups excluding carboxylic acids is 2. The number of nitrogens with one attached hydrogen (secondary N) is 1. The van der Waals surface area contributed by atoms with E-state index >= 15 is 0 Å². The van der Waals surface area contributed by atoms with Crippen LogP contribution >= 0.6 is 11.6 Å². The summed E-state index contributed by atoms with van der Waals surface area (Å²) in [4.78, 5) is 28.9. The van der Waals surface area contributed by atoms with Gasteiger partial charge in [0.1, 0.15) is 6.04 Å². The monoisotopic (exact) mass is 569 g/mol. The van der Waals surface area contributed by atoms with E-state index < -0.39 is 28.5 Å². The molecule has 3 aromatic carbocycles. The van der Waals surface area contributed by atoms with E-state index in [1.165, 1.54) is 24.1 Å². The fourth-order valence-electron chi connectivity index (χ4n) is 4.06. The molecule has 0 heterocycles. The molecular formula is C30H36ClN3O4S. The summed E-state index contributed by atoms with van der Waals surface area (Å²) < 4.78 is 27.5. The number of halogens is 1. The summed E-state index contributed by atoms with van der Waals surface area (Å²) in [5.74, 6) is -0.574. The third-order valence-electron chi connectivity index (χ3n) is 6.28. The summed E-state index contributed by atoms with van der Waals surface area (Å²) in [6, 6.07) is 22.1. The van der Waals surface area contributed by atoms with Crippen LogP contribution in [-0.4, -0.2) is 55.6 Å². The molecule has 208 valence electrons. The van der Waals surface area contributed by atoms with E-state index in [-0.39, 0.29) is 29.7 Å². The number of sulfonamides is 1. The molecule has 39 heavy (non-hydrogen) atoms. The summed E-state index contributed by atoms with van der Waals surface area (Å²) in [5.41, 5.74) is 2.54. The Bertz CT molecular complexity index is 1360. The van der Waals surface area contributed by atoms with Crippen LogP contribution in [-0.2, 0) is 32.6 Å². The van der Waals surface area contributed by atoms with Crippen molar-refractivity contribution in [3.05, 3.63) is 101 Å². The molecule has 0 aliphatic carbocycles. The van der Waals surface area contributed by atoms with Crippen molar-refractivity contribution < 1.29 is 18.0 Å². The molecule has 7 nitrogen and oxygen atoms in total. The molecule has 0 unspecified atom stereocenters. The highest BCUT2D eigenvalue weighted by atomic mass is 35.5. The zero-order valence-electron chi connectivity index (χ0n) is 22.8. The van der Waals surface area contributed by atoms with Crippen molar-refractivity contribution >= 4 is 33.4 Å². The molecule has 0 saturated heterocycles. The molecule has 0 spiro atoms. The number of rotatable bonds is 12. The first kappa shape index (κ1) is 30.3. The molecule has 0 fully saturated rings. The van der Waals surface area contributed by atoms with Gasteiger partial charge in [-0.2, -0.15) is 4.31 Å². The number of hydrogen-bond acceptors (Lipinski definition) is 4. The van der Waals surface area contributed by atoms with Crippen molar-refractivity contribution in [2.45, 2.75) is 44.7 Å². The van der Waals surface area contributed by atoms with E-state index in [1.807, 2.05) is 57.2 Å². The maximum absolute atomic E-state index is 13.9. The SMILES string of the molecule is Cc1ccc(S(=O)(=O)N(C)CC(=O)N(Cc2cccc(Cl)c2)[C@@H](Cc2ccccc2)C(=O)NCC(C)C)cc1. The van der Waals surface area contributed by atoms with Gasteiger partial charge in [-0.15, -0.1) is 0 Å². The number of likely N-dealkylation sites (N-methyl/N-ethyl adjacent to an activating group) is 1. The third kappa shape index (κ3) is 8.65. The van der Waals surface area contributed by atoms with E-state index in [1.54, 1.807) is 30.3 Å². The summed E-state index contributed by atoms with van der Waals surface area (Å²) in [5, 5.41) is 3.46. The Balaban J connectivity index is 1.96. The molecule has 9 heteroatoms. The van der Waals surface area contributed by atoms with Gasteiger partial charge in [0.25, 0.3) is 0 Å². The van der Waals surface area contributed by atoms with Gasteiger partial charge < -0.3 is 10.2 Å². The van der Waals surface area contributed by atoms with Gasteiger partial charge in [0.2, 0.25) is 21.8 Å². The molecule has 3 rings (SSSR count). The lowest BCUT2D eigenvalue weighted by Gasteiger charge is -2.33. The highest BCUT2D eigenvalue weighted by Crippen LogP contribution is 2.20. The van der Waals surface area contributed by atoms with Gasteiger partial charge in [-0.3, -0.25) is 9.59 Å². The van der Waals surface area contributed by atoms with Gasteiger partial charge in [0.15, 0.2) is 0 Å². The third-order valence-corrected chi connectivity index (χ3v) is 8.34. The molecular weight excluding hydrogens is 534 g/mol. The molecule has 3 aromatic rings. The second kappa shape index (κ2) is 13.7. The summed E-state index contributed by atoms with van der Waals surface area (Å²) >= 11 is 6.22. The highest BCUT2D eigenvalue weighted by molar-refractivity contribution is 7.89. The predicted molar refractivity (Wildman–Crippen MR) is 155 cm³/mol. The molecule has 0 aliphatic heterocycles. The van der Waals surface area contributed by atoms with Crippen LogP contribution in [0.3, 0.4) is 0 Å². The van der Waals surface area contributed by atoms with Crippen LogP contribution in [0, 0.1) is 12.8 Å². The minimum absolute atomic E-state index is 0.0877. The smallest absolute Gasteiger partial charge is 0.243 e. The second-order valence-corrected chi connectivity index (χ2v) is 12.6. The Morgan fingerprint density at radius 2 is 1.56 bits per heavy atom. The largest absolute Gasteiger partial charge is 0.354 e. The van der Waals surface area contributed by atoms with E-state index in [4.69, 9.17) is 11.6 Å². The van der Waals surface area contributed by atoms with Gasteiger partial charge in [-0.1, -0.05) is 85.6 Å². The predicted octanol–water partition coefficient (Wildman–Crippen LogP) is 4.68. The average molecular weight is 570 g/mol. The first-order valence-electron chi connectivity index (χ1n) is 12.9. The lowest BCUT2D eigenvalue weighted by molar-refractivity contribution is -0.141. The minimum atomic E-state index is -3.93. The Hall–Kier alpha value is -3.20.